The summed E-state index contributed by atoms with van der Waals surface area (Å²) in [5.41, 5.74) is 5.59. The van der Waals surface area contributed by atoms with Gasteiger partial charge in [-0.2, -0.15) is 0 Å². The number of carbonyl (C=O) groups is 1. The van der Waals surface area contributed by atoms with E-state index in [1.165, 1.54) is 30.6 Å². The zero-order chi connectivity index (χ0) is 13.7. The van der Waals surface area contributed by atoms with E-state index in [9.17, 15) is 4.79 Å². The molecule has 1 aliphatic rings. The van der Waals surface area contributed by atoms with Gasteiger partial charge in [0.15, 0.2) is 5.13 Å². The minimum Gasteiger partial charge on any atom is -0.375 e. The van der Waals surface area contributed by atoms with Gasteiger partial charge < -0.3 is 10.6 Å². The summed E-state index contributed by atoms with van der Waals surface area (Å²) in [6, 6.07) is 0.457. The number of hydrogen-bond donors (Lipinski definition) is 1. The van der Waals surface area contributed by atoms with Crippen LogP contribution in [0.2, 0.25) is 0 Å². The normalized spacial score (nSPS) is 16.5. The number of amides is 1. The van der Waals surface area contributed by atoms with Crippen LogP contribution in [-0.4, -0.2) is 34.1 Å². The fraction of sp³-hybridized carbons (Fsp3) is 0.692. The van der Waals surface area contributed by atoms with Gasteiger partial charge in [0.1, 0.15) is 0 Å². The summed E-state index contributed by atoms with van der Waals surface area (Å²) in [4.78, 5) is 18.4. The lowest BCUT2D eigenvalue weighted by atomic mass is 9.94. The number of nitrogen functional groups attached to an aromatic ring is 1. The molecule has 0 atom stereocenters. The Bertz CT molecular complexity index is 416. The van der Waals surface area contributed by atoms with Crippen molar-refractivity contribution in [2.24, 2.45) is 0 Å². The molecule has 106 valence electrons. The second-order valence-corrected chi connectivity index (χ2v) is 7.12. The third kappa shape index (κ3) is 4.11. The average Bonchev–Trinajstić information content (AvgIpc) is 2.84. The first-order valence-electron chi connectivity index (χ1n) is 6.84. The van der Waals surface area contributed by atoms with Crippen LogP contribution in [0.15, 0.2) is 10.4 Å². The Balaban J connectivity index is 1.85. The van der Waals surface area contributed by atoms with Crippen LogP contribution in [-0.2, 0) is 4.79 Å². The Hall–Kier alpha value is -0.750. The zero-order valence-corrected chi connectivity index (χ0v) is 12.9. The van der Waals surface area contributed by atoms with Gasteiger partial charge in [-0.1, -0.05) is 30.6 Å². The van der Waals surface area contributed by atoms with Gasteiger partial charge in [-0.3, -0.25) is 4.79 Å². The maximum absolute atomic E-state index is 12.3. The number of anilines is 1. The predicted octanol–water partition coefficient (Wildman–Crippen LogP) is 3.00. The van der Waals surface area contributed by atoms with E-state index in [0.717, 1.165) is 23.6 Å². The zero-order valence-electron chi connectivity index (χ0n) is 11.3. The molecule has 1 fully saturated rings. The number of nitrogens with two attached hydrogens (primary N) is 1. The van der Waals surface area contributed by atoms with E-state index in [4.69, 9.17) is 5.73 Å². The van der Waals surface area contributed by atoms with Crippen LogP contribution in [0.4, 0.5) is 5.13 Å². The Kier molecular flexibility index (Phi) is 5.51. The quantitative estimate of drug-likeness (QED) is 0.849. The second kappa shape index (κ2) is 7.14. The van der Waals surface area contributed by atoms with E-state index < -0.39 is 0 Å². The SMILES string of the molecule is CCN(C(=O)CSc1cnc(N)s1)C1CCCCC1. The van der Waals surface area contributed by atoms with Crippen molar-refractivity contribution in [1.82, 2.24) is 9.88 Å². The molecular weight excluding hydrogens is 278 g/mol. The highest BCUT2D eigenvalue weighted by atomic mass is 32.2. The third-order valence-corrected chi connectivity index (χ3v) is 5.52. The van der Waals surface area contributed by atoms with Crippen molar-refractivity contribution < 1.29 is 4.79 Å². The summed E-state index contributed by atoms with van der Waals surface area (Å²) in [6.07, 6.45) is 7.90. The van der Waals surface area contributed by atoms with E-state index in [1.54, 1.807) is 18.0 Å². The summed E-state index contributed by atoms with van der Waals surface area (Å²) in [6.45, 7) is 2.89. The summed E-state index contributed by atoms with van der Waals surface area (Å²) < 4.78 is 1.02. The third-order valence-electron chi connectivity index (χ3n) is 3.52. The Morgan fingerprint density at radius 1 is 1.53 bits per heavy atom. The molecule has 0 unspecified atom stereocenters. The molecule has 1 amide bonds. The molecule has 19 heavy (non-hydrogen) atoms. The van der Waals surface area contributed by atoms with Crippen molar-refractivity contribution in [2.45, 2.75) is 49.3 Å². The summed E-state index contributed by atoms with van der Waals surface area (Å²) >= 11 is 2.99. The van der Waals surface area contributed by atoms with Gasteiger partial charge in [-0.15, -0.1) is 11.8 Å². The number of rotatable bonds is 5. The van der Waals surface area contributed by atoms with Gasteiger partial charge >= 0.3 is 0 Å². The van der Waals surface area contributed by atoms with E-state index >= 15 is 0 Å². The van der Waals surface area contributed by atoms with Crippen LogP contribution < -0.4 is 5.73 Å². The maximum atomic E-state index is 12.3. The van der Waals surface area contributed by atoms with E-state index in [1.807, 2.05) is 0 Å². The Labute approximate surface area is 122 Å². The molecule has 0 radical (unpaired) electrons. The van der Waals surface area contributed by atoms with Gasteiger partial charge in [-0.25, -0.2) is 4.98 Å². The van der Waals surface area contributed by atoms with Crippen LogP contribution in [0.25, 0.3) is 0 Å². The molecule has 1 aromatic heterocycles. The first-order chi connectivity index (χ1) is 9.20. The van der Waals surface area contributed by atoms with Gasteiger partial charge in [0.05, 0.1) is 16.2 Å². The minimum atomic E-state index is 0.242. The van der Waals surface area contributed by atoms with Gasteiger partial charge in [0.2, 0.25) is 5.91 Å². The maximum Gasteiger partial charge on any atom is 0.233 e. The monoisotopic (exact) mass is 299 g/mol. The van der Waals surface area contributed by atoms with Crippen LogP contribution >= 0.6 is 23.1 Å². The lowest BCUT2D eigenvalue weighted by Gasteiger charge is -2.33. The molecule has 6 heteroatoms. The van der Waals surface area contributed by atoms with E-state index in [0.29, 0.717) is 16.9 Å². The van der Waals surface area contributed by atoms with Crippen molar-refractivity contribution in [2.75, 3.05) is 18.0 Å². The fourth-order valence-electron chi connectivity index (χ4n) is 2.59. The van der Waals surface area contributed by atoms with Crippen molar-refractivity contribution in [1.29, 1.82) is 0 Å². The number of thiazole rings is 1. The highest BCUT2D eigenvalue weighted by Gasteiger charge is 2.23. The molecular formula is C13H21N3OS2. The lowest BCUT2D eigenvalue weighted by molar-refractivity contribution is -0.131. The number of aromatic nitrogens is 1. The highest BCUT2D eigenvalue weighted by molar-refractivity contribution is 8.01. The van der Waals surface area contributed by atoms with Crippen molar-refractivity contribution in [3.8, 4) is 0 Å². The summed E-state index contributed by atoms with van der Waals surface area (Å²) in [7, 11) is 0. The smallest absolute Gasteiger partial charge is 0.233 e. The molecule has 1 aliphatic carbocycles. The minimum absolute atomic E-state index is 0.242. The van der Waals surface area contributed by atoms with Crippen LogP contribution in [0.5, 0.6) is 0 Å². The molecule has 0 saturated heterocycles. The van der Waals surface area contributed by atoms with Gasteiger partial charge in [0, 0.05) is 12.6 Å². The largest absolute Gasteiger partial charge is 0.375 e. The van der Waals surface area contributed by atoms with Crippen molar-refractivity contribution >= 4 is 34.1 Å². The topological polar surface area (TPSA) is 59.2 Å². The summed E-state index contributed by atoms with van der Waals surface area (Å²) in [5, 5.41) is 0.564. The molecule has 0 aromatic carbocycles. The number of carbonyl (C=O) groups excluding carboxylic acids is 1. The molecule has 4 nitrogen and oxygen atoms in total. The summed E-state index contributed by atoms with van der Waals surface area (Å²) in [5.74, 6) is 0.734. The van der Waals surface area contributed by atoms with Crippen LogP contribution in [0, 0.1) is 0 Å². The molecule has 1 heterocycles. The van der Waals surface area contributed by atoms with Crippen molar-refractivity contribution in [3.05, 3.63) is 6.20 Å². The molecule has 0 bridgehead atoms. The van der Waals surface area contributed by atoms with E-state index in [-0.39, 0.29) is 5.91 Å². The van der Waals surface area contributed by atoms with Crippen LogP contribution in [0.3, 0.4) is 0 Å². The van der Waals surface area contributed by atoms with Crippen molar-refractivity contribution in [3.63, 3.8) is 0 Å². The Morgan fingerprint density at radius 3 is 2.84 bits per heavy atom. The molecule has 1 saturated carbocycles. The lowest BCUT2D eigenvalue weighted by Crippen LogP contribution is -2.42. The first kappa shape index (κ1) is 14.7. The second-order valence-electron chi connectivity index (χ2n) is 4.78. The molecule has 0 aliphatic heterocycles. The number of hydrogen-bond acceptors (Lipinski definition) is 5. The highest BCUT2D eigenvalue weighted by Crippen LogP contribution is 2.28. The number of thioether (sulfide) groups is 1. The fourth-order valence-corrected chi connectivity index (χ4v) is 4.23. The molecule has 2 rings (SSSR count). The predicted molar refractivity (Wildman–Crippen MR) is 81.5 cm³/mol. The van der Waals surface area contributed by atoms with E-state index in [2.05, 4.69) is 16.8 Å². The standard InChI is InChI=1S/C13H21N3OS2/c1-2-16(10-6-4-3-5-7-10)11(17)9-18-12-8-15-13(14)19-12/h8,10H,2-7,9H2,1H3,(H2,14,15). The average molecular weight is 299 g/mol. The van der Waals surface area contributed by atoms with Gasteiger partial charge in [-0.05, 0) is 19.8 Å². The molecule has 0 spiro atoms. The Morgan fingerprint density at radius 2 is 2.26 bits per heavy atom. The van der Waals surface area contributed by atoms with Crippen LogP contribution in [0.1, 0.15) is 39.0 Å². The van der Waals surface area contributed by atoms with Gasteiger partial charge in [0.25, 0.3) is 0 Å². The molecule has 2 N–H and O–H groups in total. The number of nitrogens with zero attached hydrogens (tertiary/aromatic N) is 2. The molecule has 1 aromatic rings. The first-order valence-corrected chi connectivity index (χ1v) is 8.64.